The Morgan fingerprint density at radius 3 is 1.59 bits per heavy atom. The van der Waals surface area contributed by atoms with Crippen molar-refractivity contribution < 1.29 is 19.2 Å². The van der Waals surface area contributed by atoms with Crippen LogP contribution in [0.2, 0.25) is 0 Å². The maximum Gasteiger partial charge on any atom is 0.235 e. The van der Waals surface area contributed by atoms with Crippen molar-refractivity contribution in [3.05, 3.63) is 65.0 Å². The second-order valence-electron chi connectivity index (χ2n) is 7.68. The van der Waals surface area contributed by atoms with E-state index in [2.05, 4.69) is 15.6 Å². The van der Waals surface area contributed by atoms with Crippen LogP contribution >= 0.6 is 0 Å². The molecule has 2 N–H and O–H groups in total. The SMILES string of the molecule is CC.CC.Cc1ccc(C2CCC(=O)NC2=O)cc1.Cc1ccc(C2CCC(=O)NC2=O)nc1. The maximum atomic E-state index is 11.6. The molecule has 1 aromatic carbocycles. The van der Waals surface area contributed by atoms with Gasteiger partial charge in [0.15, 0.2) is 0 Å². The molecule has 2 aromatic rings. The first-order valence-corrected chi connectivity index (χ1v) is 12.0. The van der Waals surface area contributed by atoms with Crippen LogP contribution < -0.4 is 10.6 Å². The number of benzene rings is 1. The van der Waals surface area contributed by atoms with Crippen LogP contribution in [-0.2, 0) is 19.2 Å². The number of pyridine rings is 1. The summed E-state index contributed by atoms with van der Waals surface area (Å²) < 4.78 is 0. The normalized spacial score (nSPS) is 19.1. The fraction of sp³-hybridized carbons (Fsp3) is 0.444. The lowest BCUT2D eigenvalue weighted by Crippen LogP contribution is -2.39. The first-order valence-electron chi connectivity index (χ1n) is 12.0. The monoisotopic (exact) mass is 467 g/mol. The lowest BCUT2D eigenvalue weighted by molar-refractivity contribution is -0.135. The Kier molecular flexibility index (Phi) is 12.4. The fourth-order valence-corrected chi connectivity index (χ4v) is 3.47. The van der Waals surface area contributed by atoms with Crippen molar-refractivity contribution in [2.75, 3.05) is 0 Å². The van der Waals surface area contributed by atoms with Gasteiger partial charge in [0.2, 0.25) is 23.6 Å². The lowest BCUT2D eigenvalue weighted by Gasteiger charge is -2.21. The highest BCUT2D eigenvalue weighted by Crippen LogP contribution is 2.25. The molecule has 4 amide bonds. The fourth-order valence-electron chi connectivity index (χ4n) is 3.47. The van der Waals surface area contributed by atoms with E-state index in [0.717, 1.165) is 16.8 Å². The zero-order valence-electron chi connectivity index (χ0n) is 21.1. The zero-order valence-corrected chi connectivity index (χ0v) is 21.1. The maximum absolute atomic E-state index is 11.6. The molecule has 2 aliphatic heterocycles. The van der Waals surface area contributed by atoms with Gasteiger partial charge in [-0.15, -0.1) is 0 Å². The van der Waals surface area contributed by atoms with Crippen LogP contribution in [0.3, 0.4) is 0 Å². The minimum Gasteiger partial charge on any atom is -0.296 e. The number of carbonyl (C=O) groups excluding carboxylic acids is 4. The van der Waals surface area contributed by atoms with Gasteiger partial charge in [-0.05, 0) is 43.9 Å². The number of nitrogens with zero attached hydrogens (tertiary/aromatic N) is 1. The Balaban J connectivity index is 0.000000297. The predicted octanol–water partition coefficient (Wildman–Crippen LogP) is 4.48. The molecule has 2 unspecified atom stereocenters. The molecule has 2 atom stereocenters. The predicted molar refractivity (Wildman–Crippen MR) is 133 cm³/mol. The third kappa shape index (κ3) is 8.54. The van der Waals surface area contributed by atoms with E-state index in [9.17, 15) is 19.2 Å². The smallest absolute Gasteiger partial charge is 0.235 e. The van der Waals surface area contributed by atoms with Gasteiger partial charge >= 0.3 is 0 Å². The van der Waals surface area contributed by atoms with Crippen molar-refractivity contribution in [2.24, 2.45) is 0 Å². The van der Waals surface area contributed by atoms with Gasteiger partial charge in [-0.1, -0.05) is 63.6 Å². The molecule has 2 fully saturated rings. The van der Waals surface area contributed by atoms with Crippen molar-refractivity contribution in [1.82, 2.24) is 15.6 Å². The van der Waals surface area contributed by atoms with E-state index in [1.54, 1.807) is 6.20 Å². The molecule has 0 bridgehead atoms. The molecule has 0 aliphatic carbocycles. The summed E-state index contributed by atoms with van der Waals surface area (Å²) in [5, 5.41) is 4.69. The topological polar surface area (TPSA) is 105 Å². The molecule has 4 rings (SSSR count). The third-order valence-electron chi connectivity index (χ3n) is 5.25. The average Bonchev–Trinajstić information content (AvgIpc) is 2.84. The minimum absolute atomic E-state index is 0.164. The Morgan fingerprint density at radius 2 is 1.15 bits per heavy atom. The van der Waals surface area contributed by atoms with E-state index in [4.69, 9.17) is 0 Å². The number of aromatic nitrogens is 1. The number of hydrogen-bond acceptors (Lipinski definition) is 5. The van der Waals surface area contributed by atoms with E-state index in [1.165, 1.54) is 5.56 Å². The van der Waals surface area contributed by atoms with Crippen LogP contribution in [0, 0.1) is 13.8 Å². The summed E-state index contributed by atoms with van der Waals surface area (Å²) in [5.74, 6) is -1.20. The Hall–Kier alpha value is -3.35. The Bertz CT molecular complexity index is 873. The number of rotatable bonds is 2. The summed E-state index contributed by atoms with van der Waals surface area (Å²) in [6.07, 6.45) is 3.74. The molecule has 0 saturated carbocycles. The van der Waals surface area contributed by atoms with Gasteiger partial charge in [0.1, 0.15) is 0 Å². The van der Waals surface area contributed by atoms with Crippen LogP contribution in [0.25, 0.3) is 0 Å². The van der Waals surface area contributed by atoms with Gasteiger partial charge in [-0.25, -0.2) is 0 Å². The summed E-state index contributed by atoms with van der Waals surface area (Å²) in [7, 11) is 0. The number of hydrogen-bond donors (Lipinski definition) is 2. The van der Waals surface area contributed by atoms with Gasteiger partial charge in [-0.2, -0.15) is 0 Å². The number of aryl methyl sites for hydroxylation is 2. The van der Waals surface area contributed by atoms with Gasteiger partial charge in [0, 0.05) is 19.0 Å². The van der Waals surface area contributed by atoms with E-state index in [-0.39, 0.29) is 35.5 Å². The average molecular weight is 468 g/mol. The third-order valence-corrected chi connectivity index (χ3v) is 5.25. The molecule has 0 spiro atoms. The molecule has 184 valence electrons. The number of amides is 4. The van der Waals surface area contributed by atoms with Gasteiger partial charge in [-0.3, -0.25) is 34.8 Å². The van der Waals surface area contributed by atoms with Crippen molar-refractivity contribution in [1.29, 1.82) is 0 Å². The minimum atomic E-state index is -0.275. The molecule has 0 radical (unpaired) electrons. The van der Waals surface area contributed by atoms with Crippen molar-refractivity contribution in [3.63, 3.8) is 0 Å². The molecule has 7 heteroatoms. The molecular weight excluding hydrogens is 430 g/mol. The van der Waals surface area contributed by atoms with E-state index < -0.39 is 0 Å². The van der Waals surface area contributed by atoms with E-state index in [1.807, 2.05) is 77.9 Å². The number of carbonyl (C=O) groups is 4. The summed E-state index contributed by atoms with van der Waals surface area (Å²) in [5.41, 5.74) is 3.97. The Labute approximate surface area is 202 Å². The second-order valence-corrected chi connectivity index (χ2v) is 7.68. The van der Waals surface area contributed by atoms with Gasteiger partial charge in [0.05, 0.1) is 17.5 Å². The van der Waals surface area contributed by atoms with Crippen molar-refractivity contribution in [2.45, 2.75) is 79.1 Å². The van der Waals surface area contributed by atoms with Gasteiger partial charge < -0.3 is 0 Å². The molecule has 2 aliphatic rings. The molecule has 34 heavy (non-hydrogen) atoms. The second kappa shape index (κ2) is 14.7. The highest BCUT2D eigenvalue weighted by molar-refractivity contribution is 6.01. The highest BCUT2D eigenvalue weighted by Gasteiger charge is 2.29. The molecule has 3 heterocycles. The summed E-state index contributed by atoms with van der Waals surface area (Å²) in [6.45, 7) is 12.0. The van der Waals surface area contributed by atoms with Crippen molar-refractivity contribution in [3.8, 4) is 0 Å². The highest BCUT2D eigenvalue weighted by atomic mass is 16.2. The van der Waals surface area contributed by atoms with Gasteiger partial charge in [0.25, 0.3) is 0 Å². The first kappa shape index (κ1) is 28.7. The number of imide groups is 2. The van der Waals surface area contributed by atoms with E-state index in [0.29, 0.717) is 25.7 Å². The van der Waals surface area contributed by atoms with Crippen LogP contribution in [0.15, 0.2) is 42.6 Å². The lowest BCUT2D eigenvalue weighted by atomic mass is 9.90. The van der Waals surface area contributed by atoms with Crippen LogP contribution in [0.5, 0.6) is 0 Å². The Morgan fingerprint density at radius 1 is 0.676 bits per heavy atom. The van der Waals surface area contributed by atoms with Crippen molar-refractivity contribution >= 4 is 23.6 Å². The summed E-state index contributed by atoms with van der Waals surface area (Å²) in [6, 6.07) is 11.6. The standard InChI is InChI=1S/C12H13NO2.C11H12N2O2.2C2H6/c1-8-2-4-9(5-3-8)10-6-7-11(14)13-12(10)15;1-7-2-4-9(12-6-7)8-3-5-10(14)13-11(8)15;2*1-2/h2-5,10H,6-7H2,1H3,(H,13,14,15);2,4,6,8H,3,5H2,1H3,(H,13,14,15);2*1-2H3. The molecule has 2 saturated heterocycles. The number of nitrogens with one attached hydrogen (secondary N) is 2. The van der Waals surface area contributed by atoms with Crippen LogP contribution in [0.1, 0.15) is 87.6 Å². The quantitative estimate of drug-likeness (QED) is 0.634. The van der Waals surface area contributed by atoms with Crippen LogP contribution in [0.4, 0.5) is 0 Å². The van der Waals surface area contributed by atoms with E-state index >= 15 is 0 Å². The molecule has 1 aromatic heterocycles. The largest absolute Gasteiger partial charge is 0.296 e. The molecule has 7 nitrogen and oxygen atoms in total. The van der Waals surface area contributed by atoms with Crippen LogP contribution in [-0.4, -0.2) is 28.6 Å². The summed E-state index contributed by atoms with van der Waals surface area (Å²) in [4.78, 5) is 49.2. The first-order chi connectivity index (χ1) is 16.3. The summed E-state index contributed by atoms with van der Waals surface area (Å²) >= 11 is 0. The molecular formula is C27H37N3O4. The zero-order chi connectivity index (χ0) is 25.7. The number of piperidine rings is 2.